The monoisotopic (exact) mass is 394 g/mol. The first-order valence-electron chi connectivity index (χ1n) is 9.65. The Bertz CT molecular complexity index is 607. The number of nitrogens with one attached hydrogen (secondary N) is 1. The molecule has 0 aromatic heterocycles. The predicted octanol–water partition coefficient (Wildman–Crippen LogP) is 1.35. The molecular weight excluding hydrogens is 364 g/mol. The first-order chi connectivity index (χ1) is 12.6. The van der Waals surface area contributed by atoms with Crippen LogP contribution in [0.2, 0.25) is 0 Å². The third-order valence-electron chi connectivity index (χ3n) is 5.44. The molecule has 7 heteroatoms. The van der Waals surface area contributed by atoms with Crippen LogP contribution >= 0.6 is 12.4 Å². The summed E-state index contributed by atoms with van der Waals surface area (Å²) in [4.78, 5) is 30.8. The Labute approximate surface area is 168 Å². The molecule has 1 unspecified atom stereocenters. The van der Waals surface area contributed by atoms with E-state index in [4.69, 9.17) is 0 Å². The molecule has 2 aliphatic heterocycles. The van der Waals surface area contributed by atoms with Gasteiger partial charge in [-0.1, -0.05) is 30.3 Å². The second kappa shape index (κ2) is 10.6. The highest BCUT2D eigenvalue weighted by Crippen LogP contribution is 2.17. The third-order valence-corrected chi connectivity index (χ3v) is 5.44. The van der Waals surface area contributed by atoms with E-state index in [0.717, 1.165) is 51.3 Å². The molecule has 27 heavy (non-hydrogen) atoms. The molecule has 3 rings (SSSR count). The van der Waals surface area contributed by atoms with Gasteiger partial charge in [0, 0.05) is 71.7 Å². The van der Waals surface area contributed by atoms with Crippen molar-refractivity contribution in [2.24, 2.45) is 0 Å². The molecule has 0 bridgehead atoms. The number of benzene rings is 1. The number of halogens is 1. The molecule has 2 heterocycles. The van der Waals surface area contributed by atoms with E-state index in [9.17, 15) is 9.59 Å². The zero-order valence-electron chi connectivity index (χ0n) is 16.1. The lowest BCUT2D eigenvalue weighted by Crippen LogP contribution is -2.49. The SMILES string of the molecule is CC(=O)N(CCC(=O)N1CCC(N2CCNCC2)C1)Cc1ccccc1.Cl. The summed E-state index contributed by atoms with van der Waals surface area (Å²) < 4.78 is 0. The van der Waals surface area contributed by atoms with Crippen molar-refractivity contribution < 1.29 is 9.59 Å². The van der Waals surface area contributed by atoms with Crippen molar-refractivity contribution in [3.63, 3.8) is 0 Å². The lowest BCUT2D eigenvalue weighted by molar-refractivity contribution is -0.133. The van der Waals surface area contributed by atoms with E-state index in [1.807, 2.05) is 35.2 Å². The van der Waals surface area contributed by atoms with E-state index in [1.54, 1.807) is 11.8 Å². The largest absolute Gasteiger partial charge is 0.341 e. The molecule has 1 aromatic rings. The fourth-order valence-electron chi connectivity index (χ4n) is 3.85. The predicted molar refractivity (Wildman–Crippen MR) is 109 cm³/mol. The molecule has 6 nitrogen and oxygen atoms in total. The Morgan fingerprint density at radius 3 is 2.52 bits per heavy atom. The van der Waals surface area contributed by atoms with Crippen LogP contribution < -0.4 is 5.32 Å². The third kappa shape index (κ3) is 6.19. The quantitative estimate of drug-likeness (QED) is 0.791. The Morgan fingerprint density at radius 1 is 1.15 bits per heavy atom. The summed E-state index contributed by atoms with van der Waals surface area (Å²) >= 11 is 0. The second-order valence-electron chi connectivity index (χ2n) is 7.24. The Hall–Kier alpha value is -1.63. The smallest absolute Gasteiger partial charge is 0.224 e. The highest BCUT2D eigenvalue weighted by molar-refractivity contribution is 5.85. The maximum atomic E-state index is 12.6. The molecule has 1 aromatic carbocycles. The van der Waals surface area contributed by atoms with Gasteiger partial charge >= 0.3 is 0 Å². The maximum Gasteiger partial charge on any atom is 0.224 e. The van der Waals surface area contributed by atoms with E-state index in [-0.39, 0.29) is 24.2 Å². The molecule has 150 valence electrons. The average molecular weight is 395 g/mol. The number of hydrogen-bond acceptors (Lipinski definition) is 4. The molecule has 2 aliphatic rings. The maximum absolute atomic E-state index is 12.6. The van der Waals surface area contributed by atoms with Gasteiger partial charge in [-0.3, -0.25) is 14.5 Å². The lowest BCUT2D eigenvalue weighted by Gasteiger charge is -2.32. The normalized spacial score (nSPS) is 20.2. The average Bonchev–Trinajstić information content (AvgIpc) is 3.16. The number of rotatable bonds is 6. The minimum absolute atomic E-state index is 0. The van der Waals surface area contributed by atoms with Gasteiger partial charge in [0.05, 0.1) is 0 Å². The standard InChI is InChI=1S/C20H30N4O2.ClH/c1-17(25)23(15-18-5-3-2-4-6-18)12-8-20(26)24-11-7-19(16-24)22-13-9-21-10-14-22;/h2-6,19,21H,7-16H2,1H3;1H. The summed E-state index contributed by atoms with van der Waals surface area (Å²) in [5.74, 6) is 0.184. The summed E-state index contributed by atoms with van der Waals surface area (Å²) in [6.07, 6.45) is 1.47. The van der Waals surface area contributed by atoms with E-state index in [2.05, 4.69) is 10.2 Å². The van der Waals surface area contributed by atoms with Crippen LogP contribution in [-0.2, 0) is 16.1 Å². The number of hydrogen-bond donors (Lipinski definition) is 1. The van der Waals surface area contributed by atoms with Gasteiger partial charge in [0.2, 0.25) is 11.8 Å². The van der Waals surface area contributed by atoms with Crippen molar-refractivity contribution in [1.29, 1.82) is 0 Å². The topological polar surface area (TPSA) is 55.9 Å². The number of amides is 2. The molecule has 0 spiro atoms. The van der Waals surface area contributed by atoms with E-state index >= 15 is 0 Å². The Morgan fingerprint density at radius 2 is 1.85 bits per heavy atom. The molecule has 0 aliphatic carbocycles. The number of nitrogens with zero attached hydrogens (tertiary/aromatic N) is 3. The molecule has 1 N–H and O–H groups in total. The second-order valence-corrected chi connectivity index (χ2v) is 7.24. The highest BCUT2D eigenvalue weighted by atomic mass is 35.5. The minimum atomic E-state index is 0. The van der Waals surface area contributed by atoms with Crippen LogP contribution in [0.25, 0.3) is 0 Å². The van der Waals surface area contributed by atoms with Crippen LogP contribution in [0.5, 0.6) is 0 Å². The summed E-state index contributed by atoms with van der Waals surface area (Å²) in [5, 5.41) is 3.38. The number of carbonyl (C=O) groups is 2. The van der Waals surface area contributed by atoms with Crippen molar-refractivity contribution in [2.75, 3.05) is 45.8 Å². The van der Waals surface area contributed by atoms with Gasteiger partial charge in [0.15, 0.2) is 0 Å². The molecule has 2 amide bonds. The first kappa shape index (κ1) is 21.7. The van der Waals surface area contributed by atoms with Crippen molar-refractivity contribution >= 4 is 24.2 Å². The van der Waals surface area contributed by atoms with Crippen LogP contribution in [0.15, 0.2) is 30.3 Å². The van der Waals surface area contributed by atoms with Crippen molar-refractivity contribution in [3.05, 3.63) is 35.9 Å². The van der Waals surface area contributed by atoms with E-state index in [0.29, 0.717) is 25.6 Å². The van der Waals surface area contributed by atoms with Gasteiger partial charge in [-0.05, 0) is 12.0 Å². The van der Waals surface area contributed by atoms with E-state index in [1.165, 1.54) is 0 Å². The number of likely N-dealkylation sites (tertiary alicyclic amines) is 1. The van der Waals surface area contributed by atoms with Crippen molar-refractivity contribution in [2.45, 2.75) is 32.4 Å². The minimum Gasteiger partial charge on any atom is -0.341 e. The van der Waals surface area contributed by atoms with Crippen LogP contribution in [0.3, 0.4) is 0 Å². The number of piperazine rings is 1. The molecular formula is C20H31ClN4O2. The van der Waals surface area contributed by atoms with Gasteiger partial charge in [-0.2, -0.15) is 0 Å². The van der Waals surface area contributed by atoms with Crippen LogP contribution in [0, 0.1) is 0 Å². The van der Waals surface area contributed by atoms with Crippen molar-refractivity contribution in [3.8, 4) is 0 Å². The molecule has 2 saturated heterocycles. The van der Waals surface area contributed by atoms with Gasteiger partial charge in [-0.15, -0.1) is 12.4 Å². The van der Waals surface area contributed by atoms with E-state index < -0.39 is 0 Å². The van der Waals surface area contributed by atoms with Crippen LogP contribution in [0.4, 0.5) is 0 Å². The Balaban J connectivity index is 0.00000261. The molecule has 0 radical (unpaired) electrons. The zero-order valence-corrected chi connectivity index (χ0v) is 16.9. The van der Waals surface area contributed by atoms with Gasteiger partial charge in [0.1, 0.15) is 0 Å². The van der Waals surface area contributed by atoms with Crippen LogP contribution in [0.1, 0.15) is 25.3 Å². The van der Waals surface area contributed by atoms with Crippen LogP contribution in [-0.4, -0.2) is 78.4 Å². The van der Waals surface area contributed by atoms with Crippen molar-refractivity contribution in [1.82, 2.24) is 20.0 Å². The van der Waals surface area contributed by atoms with Gasteiger partial charge < -0.3 is 15.1 Å². The Kier molecular flexibility index (Phi) is 8.54. The number of carbonyl (C=O) groups excluding carboxylic acids is 2. The van der Waals surface area contributed by atoms with Gasteiger partial charge in [0.25, 0.3) is 0 Å². The first-order valence-corrected chi connectivity index (χ1v) is 9.65. The lowest BCUT2D eigenvalue weighted by atomic mass is 10.2. The summed E-state index contributed by atoms with van der Waals surface area (Å²) in [5.41, 5.74) is 1.09. The summed E-state index contributed by atoms with van der Waals surface area (Å²) in [6, 6.07) is 10.4. The molecule has 1 atom stereocenters. The highest BCUT2D eigenvalue weighted by Gasteiger charge is 2.30. The van der Waals surface area contributed by atoms with Gasteiger partial charge in [-0.25, -0.2) is 0 Å². The fraction of sp³-hybridized carbons (Fsp3) is 0.600. The molecule has 0 saturated carbocycles. The zero-order chi connectivity index (χ0) is 18.4. The summed E-state index contributed by atoms with van der Waals surface area (Å²) in [7, 11) is 0. The fourth-order valence-corrected chi connectivity index (χ4v) is 3.85. The summed E-state index contributed by atoms with van der Waals surface area (Å²) in [6.45, 7) is 8.51. The molecule has 2 fully saturated rings.